The van der Waals surface area contributed by atoms with E-state index in [-0.39, 0.29) is 24.0 Å². The maximum absolute atomic E-state index is 5.33. The molecule has 0 saturated carbocycles. The van der Waals surface area contributed by atoms with Crippen LogP contribution in [-0.2, 0) is 6.54 Å². The van der Waals surface area contributed by atoms with Gasteiger partial charge in [-0.1, -0.05) is 25.9 Å². The summed E-state index contributed by atoms with van der Waals surface area (Å²) < 4.78 is 5.33. The van der Waals surface area contributed by atoms with E-state index in [1.165, 1.54) is 19.4 Å². The van der Waals surface area contributed by atoms with Gasteiger partial charge >= 0.3 is 0 Å². The summed E-state index contributed by atoms with van der Waals surface area (Å²) in [5, 5.41) is 10.8. The number of guanidine groups is 1. The van der Waals surface area contributed by atoms with Crippen molar-refractivity contribution < 1.29 is 4.52 Å². The molecule has 1 aliphatic heterocycles. The molecule has 132 valence electrons. The first-order chi connectivity index (χ1) is 10.6. The van der Waals surface area contributed by atoms with Crippen LogP contribution < -0.4 is 10.6 Å². The highest BCUT2D eigenvalue weighted by molar-refractivity contribution is 14.0. The molecule has 0 radical (unpaired) electrons. The SMILES string of the molecule is CCN1CCCC1CNC(=NC)NCc1cc(C(C)C)no1.I. The van der Waals surface area contributed by atoms with E-state index in [2.05, 4.69) is 46.5 Å². The molecule has 7 heteroatoms. The molecular weight excluding hydrogens is 405 g/mol. The average molecular weight is 435 g/mol. The number of hydrogen-bond donors (Lipinski definition) is 2. The quantitative estimate of drug-likeness (QED) is 0.409. The lowest BCUT2D eigenvalue weighted by Crippen LogP contribution is -2.44. The Morgan fingerprint density at radius 3 is 2.87 bits per heavy atom. The van der Waals surface area contributed by atoms with Gasteiger partial charge in [-0.05, 0) is 31.8 Å². The zero-order valence-electron chi connectivity index (χ0n) is 14.6. The van der Waals surface area contributed by atoms with Gasteiger partial charge in [0.15, 0.2) is 11.7 Å². The smallest absolute Gasteiger partial charge is 0.191 e. The van der Waals surface area contributed by atoms with Crippen molar-refractivity contribution in [3.63, 3.8) is 0 Å². The van der Waals surface area contributed by atoms with Crippen LogP contribution >= 0.6 is 24.0 Å². The number of nitrogens with one attached hydrogen (secondary N) is 2. The van der Waals surface area contributed by atoms with E-state index in [1.807, 2.05) is 6.07 Å². The van der Waals surface area contributed by atoms with Crippen molar-refractivity contribution in [2.75, 3.05) is 26.7 Å². The van der Waals surface area contributed by atoms with Gasteiger partial charge in [-0.2, -0.15) is 0 Å². The third-order valence-electron chi connectivity index (χ3n) is 4.23. The molecule has 0 aromatic carbocycles. The second-order valence-electron chi connectivity index (χ2n) is 6.10. The summed E-state index contributed by atoms with van der Waals surface area (Å²) in [6.07, 6.45) is 2.56. The van der Waals surface area contributed by atoms with Crippen LogP contribution in [0.1, 0.15) is 51.0 Å². The van der Waals surface area contributed by atoms with E-state index in [0.29, 0.717) is 18.5 Å². The number of halogens is 1. The Morgan fingerprint density at radius 2 is 2.26 bits per heavy atom. The molecule has 1 atom stereocenters. The van der Waals surface area contributed by atoms with Crippen LogP contribution in [0.25, 0.3) is 0 Å². The number of likely N-dealkylation sites (tertiary alicyclic amines) is 1. The van der Waals surface area contributed by atoms with Crippen LogP contribution in [0.5, 0.6) is 0 Å². The highest BCUT2D eigenvalue weighted by Crippen LogP contribution is 2.15. The molecular formula is C16H30IN5O. The van der Waals surface area contributed by atoms with Crippen molar-refractivity contribution >= 4 is 29.9 Å². The summed E-state index contributed by atoms with van der Waals surface area (Å²) in [6.45, 7) is 10.3. The number of rotatable bonds is 6. The van der Waals surface area contributed by atoms with Crippen molar-refractivity contribution in [3.05, 3.63) is 17.5 Å². The second kappa shape index (κ2) is 10.1. The summed E-state index contributed by atoms with van der Waals surface area (Å²) in [5.41, 5.74) is 0.990. The van der Waals surface area contributed by atoms with E-state index in [4.69, 9.17) is 4.52 Å². The van der Waals surface area contributed by atoms with E-state index in [1.54, 1.807) is 7.05 Å². The summed E-state index contributed by atoms with van der Waals surface area (Å²) in [5.74, 6) is 2.03. The minimum atomic E-state index is 0. The lowest BCUT2D eigenvalue weighted by atomic mass is 10.1. The van der Waals surface area contributed by atoms with E-state index in [9.17, 15) is 0 Å². The maximum atomic E-state index is 5.33. The van der Waals surface area contributed by atoms with Gasteiger partial charge in [0, 0.05) is 25.7 Å². The molecule has 0 amide bonds. The summed E-state index contributed by atoms with van der Waals surface area (Å²) in [6, 6.07) is 2.61. The Labute approximate surface area is 156 Å². The van der Waals surface area contributed by atoms with Crippen LogP contribution in [0.4, 0.5) is 0 Å². The fourth-order valence-corrected chi connectivity index (χ4v) is 2.83. The Bertz CT molecular complexity index is 489. The van der Waals surface area contributed by atoms with E-state index >= 15 is 0 Å². The number of aliphatic imine (C=N–C) groups is 1. The Kier molecular flexibility index (Phi) is 8.90. The molecule has 1 fully saturated rings. The van der Waals surface area contributed by atoms with Crippen molar-refractivity contribution in [3.8, 4) is 0 Å². The molecule has 0 aliphatic carbocycles. The van der Waals surface area contributed by atoms with Gasteiger partial charge in [0.1, 0.15) is 0 Å². The number of likely N-dealkylation sites (N-methyl/N-ethyl adjacent to an activating group) is 1. The van der Waals surface area contributed by atoms with Gasteiger partial charge in [-0.3, -0.25) is 9.89 Å². The van der Waals surface area contributed by atoms with Crippen molar-refractivity contribution in [1.82, 2.24) is 20.7 Å². The third-order valence-corrected chi connectivity index (χ3v) is 4.23. The first kappa shape index (κ1) is 20.2. The van der Waals surface area contributed by atoms with Crippen LogP contribution in [-0.4, -0.2) is 48.7 Å². The molecule has 2 rings (SSSR count). The van der Waals surface area contributed by atoms with Gasteiger partial charge in [-0.25, -0.2) is 0 Å². The number of nitrogens with zero attached hydrogens (tertiary/aromatic N) is 3. The molecule has 6 nitrogen and oxygen atoms in total. The maximum Gasteiger partial charge on any atom is 0.191 e. The highest BCUT2D eigenvalue weighted by Gasteiger charge is 2.22. The molecule has 1 saturated heterocycles. The van der Waals surface area contributed by atoms with Gasteiger partial charge in [0.25, 0.3) is 0 Å². The van der Waals surface area contributed by atoms with Crippen LogP contribution in [0, 0.1) is 0 Å². The molecule has 1 unspecified atom stereocenters. The molecule has 2 N–H and O–H groups in total. The van der Waals surface area contributed by atoms with Crippen molar-refractivity contribution in [1.29, 1.82) is 0 Å². The molecule has 1 aromatic rings. The second-order valence-corrected chi connectivity index (χ2v) is 6.10. The van der Waals surface area contributed by atoms with Gasteiger partial charge in [-0.15, -0.1) is 24.0 Å². The minimum Gasteiger partial charge on any atom is -0.359 e. The fourth-order valence-electron chi connectivity index (χ4n) is 2.83. The van der Waals surface area contributed by atoms with Gasteiger partial charge < -0.3 is 15.2 Å². The first-order valence-corrected chi connectivity index (χ1v) is 8.28. The molecule has 23 heavy (non-hydrogen) atoms. The molecule has 1 aliphatic rings. The van der Waals surface area contributed by atoms with Crippen LogP contribution in [0.2, 0.25) is 0 Å². The Morgan fingerprint density at radius 1 is 1.48 bits per heavy atom. The minimum absolute atomic E-state index is 0. The zero-order valence-corrected chi connectivity index (χ0v) is 17.0. The number of aromatic nitrogens is 1. The summed E-state index contributed by atoms with van der Waals surface area (Å²) in [4.78, 5) is 6.79. The van der Waals surface area contributed by atoms with Gasteiger partial charge in [0.05, 0.1) is 12.2 Å². The molecule has 0 spiro atoms. The topological polar surface area (TPSA) is 65.7 Å². The summed E-state index contributed by atoms with van der Waals surface area (Å²) in [7, 11) is 1.79. The Hall–Kier alpha value is -0.830. The molecule has 1 aromatic heterocycles. The fraction of sp³-hybridized carbons (Fsp3) is 0.750. The van der Waals surface area contributed by atoms with Gasteiger partial charge in [0.2, 0.25) is 0 Å². The van der Waals surface area contributed by atoms with Crippen LogP contribution in [0.15, 0.2) is 15.6 Å². The predicted molar refractivity (Wildman–Crippen MR) is 104 cm³/mol. The van der Waals surface area contributed by atoms with Crippen LogP contribution in [0.3, 0.4) is 0 Å². The monoisotopic (exact) mass is 435 g/mol. The average Bonchev–Trinajstić information content (AvgIpc) is 3.16. The number of hydrogen-bond acceptors (Lipinski definition) is 4. The lowest BCUT2D eigenvalue weighted by Gasteiger charge is -2.23. The molecule has 2 heterocycles. The first-order valence-electron chi connectivity index (χ1n) is 8.28. The largest absolute Gasteiger partial charge is 0.359 e. The van der Waals surface area contributed by atoms with Crippen molar-refractivity contribution in [2.24, 2.45) is 4.99 Å². The normalized spacial score (nSPS) is 19.0. The Balaban J connectivity index is 0.00000264. The third kappa shape index (κ3) is 5.95. The van der Waals surface area contributed by atoms with E-state index in [0.717, 1.165) is 30.5 Å². The summed E-state index contributed by atoms with van der Waals surface area (Å²) >= 11 is 0. The zero-order chi connectivity index (χ0) is 15.9. The molecule has 0 bridgehead atoms. The van der Waals surface area contributed by atoms with Crippen molar-refractivity contribution in [2.45, 2.75) is 52.1 Å². The standard InChI is InChI=1S/C16H29N5O.HI/c1-5-21-8-6-7-13(21)10-18-16(17-4)19-11-14-9-15(12(2)3)20-22-14;/h9,12-13H,5-8,10-11H2,1-4H3,(H2,17,18,19);1H. The lowest BCUT2D eigenvalue weighted by molar-refractivity contribution is 0.267. The predicted octanol–water partition coefficient (Wildman–Crippen LogP) is 2.57. The van der Waals surface area contributed by atoms with E-state index < -0.39 is 0 Å². The highest BCUT2D eigenvalue weighted by atomic mass is 127.